The van der Waals surface area contributed by atoms with Crippen LogP contribution in [0.5, 0.6) is 0 Å². The largest absolute Gasteiger partial charge is 0.444 e. The van der Waals surface area contributed by atoms with Crippen LogP contribution in [0.25, 0.3) is 5.65 Å². The van der Waals surface area contributed by atoms with Gasteiger partial charge in [0.1, 0.15) is 5.60 Å². The second-order valence-electron chi connectivity index (χ2n) is 6.46. The molecule has 1 aliphatic rings. The van der Waals surface area contributed by atoms with Crippen molar-refractivity contribution in [2.75, 3.05) is 18.8 Å². The second-order valence-corrected chi connectivity index (χ2v) is 7.77. The van der Waals surface area contributed by atoms with E-state index in [1.807, 2.05) is 20.8 Å². The number of hydrogen-bond donors (Lipinski definition) is 1. The lowest BCUT2D eigenvalue weighted by Crippen LogP contribution is -2.42. The predicted molar refractivity (Wildman–Crippen MR) is 88.8 cm³/mol. The van der Waals surface area contributed by atoms with E-state index in [0.717, 1.165) is 5.75 Å². The van der Waals surface area contributed by atoms with Crippen LogP contribution in [0.2, 0.25) is 0 Å². The molecular weight excluding hydrogens is 316 g/mol. The molecule has 2 aromatic heterocycles. The van der Waals surface area contributed by atoms with Crippen molar-refractivity contribution in [1.82, 2.24) is 19.5 Å². The summed E-state index contributed by atoms with van der Waals surface area (Å²) in [6.45, 7) is 6.68. The van der Waals surface area contributed by atoms with E-state index in [4.69, 9.17) is 4.74 Å². The molecule has 1 amide bonds. The van der Waals surface area contributed by atoms with E-state index < -0.39 is 5.60 Å². The minimum atomic E-state index is -0.516. The lowest BCUT2D eigenvalue weighted by Gasteiger charge is -2.33. The molecule has 1 fully saturated rings. The topological polar surface area (TPSA) is 79.7 Å². The maximum absolute atomic E-state index is 12.2. The van der Waals surface area contributed by atoms with Crippen molar-refractivity contribution in [2.24, 2.45) is 0 Å². The summed E-state index contributed by atoms with van der Waals surface area (Å²) < 4.78 is 6.82. The van der Waals surface area contributed by atoms with Crippen LogP contribution in [-0.4, -0.2) is 50.0 Å². The van der Waals surface area contributed by atoms with Crippen LogP contribution in [0, 0.1) is 0 Å². The number of rotatable bonds is 1. The molecule has 3 heterocycles. The fourth-order valence-corrected chi connectivity index (χ4v) is 3.62. The summed E-state index contributed by atoms with van der Waals surface area (Å²) in [5, 5.41) is 2.80. The number of carbonyl (C=O) groups is 1. The van der Waals surface area contributed by atoms with Gasteiger partial charge in [0, 0.05) is 37.2 Å². The molecule has 1 unspecified atom stereocenters. The number of hydrogen-bond acceptors (Lipinski definition) is 5. The van der Waals surface area contributed by atoms with Gasteiger partial charge in [-0.25, -0.2) is 14.3 Å². The molecule has 1 atom stereocenters. The average molecular weight is 336 g/mol. The molecule has 7 nitrogen and oxygen atoms in total. The summed E-state index contributed by atoms with van der Waals surface area (Å²) in [7, 11) is 0. The highest BCUT2D eigenvalue weighted by molar-refractivity contribution is 7.99. The van der Waals surface area contributed by atoms with E-state index in [1.54, 1.807) is 28.9 Å². The van der Waals surface area contributed by atoms with E-state index >= 15 is 0 Å². The van der Waals surface area contributed by atoms with Crippen molar-refractivity contribution in [3.63, 3.8) is 0 Å². The van der Waals surface area contributed by atoms with E-state index in [1.165, 1.54) is 10.6 Å². The minimum Gasteiger partial charge on any atom is -0.444 e. The van der Waals surface area contributed by atoms with Gasteiger partial charge >= 0.3 is 6.09 Å². The van der Waals surface area contributed by atoms with Gasteiger partial charge in [-0.2, -0.15) is 0 Å². The molecule has 0 bridgehead atoms. The number of aromatic amines is 1. The highest BCUT2D eigenvalue weighted by Gasteiger charge is 2.29. The quantitative estimate of drug-likeness (QED) is 0.862. The van der Waals surface area contributed by atoms with Crippen LogP contribution >= 0.6 is 11.8 Å². The third-order valence-electron chi connectivity index (χ3n) is 3.45. The number of ether oxygens (including phenoxy) is 1. The van der Waals surface area contributed by atoms with E-state index in [9.17, 15) is 9.59 Å². The maximum Gasteiger partial charge on any atom is 0.410 e. The third-order valence-corrected chi connectivity index (χ3v) is 4.66. The average Bonchev–Trinajstić information content (AvgIpc) is 2.94. The summed E-state index contributed by atoms with van der Waals surface area (Å²) in [4.78, 5) is 30.5. The molecule has 0 saturated carbocycles. The Kier molecular flexibility index (Phi) is 4.09. The molecule has 3 rings (SSSR count). The fourth-order valence-electron chi connectivity index (χ4n) is 2.43. The second kappa shape index (κ2) is 5.92. The summed E-state index contributed by atoms with van der Waals surface area (Å²) in [5.41, 5.74) is 0.624. The van der Waals surface area contributed by atoms with Gasteiger partial charge in [0.25, 0.3) is 5.56 Å². The van der Waals surface area contributed by atoms with Crippen LogP contribution in [-0.2, 0) is 4.74 Å². The van der Waals surface area contributed by atoms with Gasteiger partial charge < -0.3 is 9.64 Å². The molecule has 2 aromatic rings. The van der Waals surface area contributed by atoms with Crippen LogP contribution in [0.4, 0.5) is 4.79 Å². The minimum absolute atomic E-state index is 0.0242. The zero-order valence-corrected chi connectivity index (χ0v) is 14.2. The van der Waals surface area contributed by atoms with Crippen molar-refractivity contribution in [1.29, 1.82) is 0 Å². The molecule has 0 aromatic carbocycles. The first-order chi connectivity index (χ1) is 10.8. The van der Waals surface area contributed by atoms with Gasteiger partial charge in [-0.15, -0.1) is 11.8 Å². The molecule has 124 valence electrons. The number of carbonyl (C=O) groups excluding carboxylic acids is 1. The van der Waals surface area contributed by atoms with Crippen molar-refractivity contribution in [2.45, 2.75) is 31.6 Å². The SMILES string of the molecule is CC(C)(C)OC(=O)N1CCSC(c2cc(=O)n3[nH]ccc3n2)C1. The summed E-state index contributed by atoms with van der Waals surface area (Å²) in [6.07, 6.45) is 1.36. The molecule has 23 heavy (non-hydrogen) atoms. The monoisotopic (exact) mass is 336 g/mol. The van der Waals surface area contributed by atoms with Gasteiger partial charge in [-0.3, -0.25) is 9.89 Å². The van der Waals surface area contributed by atoms with Crippen LogP contribution in [0.1, 0.15) is 31.7 Å². The van der Waals surface area contributed by atoms with Crippen LogP contribution in [0.15, 0.2) is 23.1 Å². The Morgan fingerprint density at radius 3 is 3.00 bits per heavy atom. The number of amides is 1. The number of aromatic nitrogens is 3. The van der Waals surface area contributed by atoms with Crippen molar-refractivity contribution >= 4 is 23.5 Å². The Hall–Kier alpha value is -1.96. The number of nitrogens with one attached hydrogen (secondary N) is 1. The zero-order valence-electron chi connectivity index (χ0n) is 13.4. The standard InChI is InChI=1S/C15H20N4O3S/c1-15(2,3)22-14(21)18-6-7-23-11(9-18)10-8-13(20)19-12(17-10)4-5-16-19/h4-5,8,11,16H,6-7,9H2,1-3H3. The van der Waals surface area contributed by atoms with Crippen LogP contribution in [0.3, 0.4) is 0 Å². The third kappa shape index (κ3) is 3.52. The van der Waals surface area contributed by atoms with Crippen LogP contribution < -0.4 is 5.56 Å². The Morgan fingerprint density at radius 1 is 1.48 bits per heavy atom. The van der Waals surface area contributed by atoms with Gasteiger partial charge in [0.15, 0.2) is 5.65 Å². The van der Waals surface area contributed by atoms with Crippen molar-refractivity contribution in [3.05, 3.63) is 34.4 Å². The number of nitrogens with zero attached hydrogens (tertiary/aromatic N) is 3. The summed E-state index contributed by atoms with van der Waals surface area (Å²) in [5.74, 6) is 0.790. The fraction of sp³-hybridized carbons (Fsp3) is 0.533. The highest BCUT2D eigenvalue weighted by atomic mass is 32.2. The Bertz CT molecular complexity index is 777. The van der Waals surface area contributed by atoms with Gasteiger partial charge in [-0.05, 0) is 20.8 Å². The smallest absolute Gasteiger partial charge is 0.410 e. The van der Waals surface area contributed by atoms with Crippen molar-refractivity contribution < 1.29 is 9.53 Å². The number of fused-ring (bicyclic) bond motifs is 1. The normalized spacial score (nSPS) is 19.1. The molecule has 0 aliphatic carbocycles. The lowest BCUT2D eigenvalue weighted by molar-refractivity contribution is 0.0256. The van der Waals surface area contributed by atoms with E-state index in [-0.39, 0.29) is 16.9 Å². The molecule has 1 aliphatic heterocycles. The van der Waals surface area contributed by atoms with Crippen molar-refractivity contribution in [3.8, 4) is 0 Å². The molecule has 0 radical (unpaired) electrons. The zero-order chi connectivity index (χ0) is 16.6. The summed E-state index contributed by atoms with van der Waals surface area (Å²) in [6, 6.07) is 3.28. The Morgan fingerprint density at radius 2 is 2.26 bits per heavy atom. The first-order valence-electron chi connectivity index (χ1n) is 7.50. The Labute approximate surface area is 138 Å². The number of thioether (sulfide) groups is 1. The van der Waals surface area contributed by atoms with Gasteiger partial charge in [-0.1, -0.05) is 0 Å². The predicted octanol–water partition coefficient (Wildman–Crippen LogP) is 2.05. The van der Waals surface area contributed by atoms with Gasteiger partial charge in [0.2, 0.25) is 0 Å². The lowest BCUT2D eigenvalue weighted by atomic mass is 10.2. The molecular formula is C15H20N4O3S. The van der Waals surface area contributed by atoms with E-state index in [2.05, 4.69) is 10.1 Å². The molecule has 0 spiro atoms. The van der Waals surface area contributed by atoms with E-state index in [0.29, 0.717) is 24.4 Å². The molecule has 1 saturated heterocycles. The molecule has 1 N–H and O–H groups in total. The Balaban J connectivity index is 1.80. The maximum atomic E-state index is 12.2. The first-order valence-corrected chi connectivity index (χ1v) is 8.55. The molecule has 8 heteroatoms. The summed E-state index contributed by atoms with van der Waals surface area (Å²) >= 11 is 1.71. The highest BCUT2D eigenvalue weighted by Crippen LogP contribution is 2.32. The first kappa shape index (κ1) is 15.9. The van der Waals surface area contributed by atoms with Gasteiger partial charge in [0.05, 0.1) is 10.9 Å². The number of H-pyrrole nitrogens is 1.